The molecule has 0 aliphatic heterocycles. The third-order valence-corrected chi connectivity index (χ3v) is 5.97. The van der Waals surface area contributed by atoms with Gasteiger partial charge in [0.05, 0.1) is 14.2 Å². The summed E-state index contributed by atoms with van der Waals surface area (Å²) in [5, 5.41) is 5.47. The second-order valence-electron chi connectivity index (χ2n) is 8.37. The lowest BCUT2D eigenvalue weighted by molar-refractivity contribution is -0.131. The number of aromatic nitrogens is 3. The van der Waals surface area contributed by atoms with E-state index in [9.17, 15) is 14.0 Å². The summed E-state index contributed by atoms with van der Waals surface area (Å²) < 4.78 is 29.5. The van der Waals surface area contributed by atoms with E-state index in [1.54, 1.807) is 30.3 Å². The second kappa shape index (κ2) is 9.69. The van der Waals surface area contributed by atoms with Gasteiger partial charge in [0.2, 0.25) is 17.7 Å². The van der Waals surface area contributed by atoms with Crippen LogP contribution in [0.15, 0.2) is 60.9 Å². The van der Waals surface area contributed by atoms with Crippen molar-refractivity contribution in [3.8, 4) is 23.3 Å². The fourth-order valence-electron chi connectivity index (χ4n) is 3.73. The van der Waals surface area contributed by atoms with E-state index in [0.717, 1.165) is 0 Å². The molecule has 0 atom stereocenters. The predicted molar refractivity (Wildman–Crippen MR) is 132 cm³/mol. The summed E-state index contributed by atoms with van der Waals surface area (Å²) in [6.45, 7) is 0. The minimum atomic E-state index is -1.16. The quantitative estimate of drug-likeness (QED) is 0.341. The SMILES string of the molecule is COc1cc2ncnc(Oc3ccc(NC(=O)C4(C(=O)Nc5ccc(F)cc5)CC4)cc3)c2nc1OC. The summed E-state index contributed by atoms with van der Waals surface area (Å²) in [5.74, 6) is 0.125. The lowest BCUT2D eigenvalue weighted by atomic mass is 10.0. The van der Waals surface area contributed by atoms with Gasteiger partial charge in [-0.2, -0.15) is 4.98 Å². The minimum Gasteiger partial charge on any atom is -0.491 e. The van der Waals surface area contributed by atoms with Crippen molar-refractivity contribution in [2.24, 2.45) is 5.41 Å². The zero-order valence-corrected chi connectivity index (χ0v) is 19.9. The van der Waals surface area contributed by atoms with E-state index in [2.05, 4.69) is 25.6 Å². The Balaban J connectivity index is 1.27. The van der Waals surface area contributed by atoms with Crippen molar-refractivity contribution in [3.63, 3.8) is 0 Å². The van der Waals surface area contributed by atoms with Crippen molar-refractivity contribution in [2.45, 2.75) is 12.8 Å². The van der Waals surface area contributed by atoms with Gasteiger partial charge in [-0.3, -0.25) is 9.59 Å². The molecule has 2 aromatic heterocycles. The molecule has 2 aromatic carbocycles. The Kier molecular flexibility index (Phi) is 6.26. The van der Waals surface area contributed by atoms with Crippen LogP contribution in [0.3, 0.4) is 0 Å². The fourth-order valence-corrected chi connectivity index (χ4v) is 3.73. The van der Waals surface area contributed by atoms with E-state index < -0.39 is 23.0 Å². The van der Waals surface area contributed by atoms with Gasteiger partial charge in [0.15, 0.2) is 11.3 Å². The molecule has 10 nitrogen and oxygen atoms in total. The first kappa shape index (κ1) is 23.9. The minimum absolute atomic E-state index is 0.220. The van der Waals surface area contributed by atoms with Gasteiger partial charge < -0.3 is 24.8 Å². The van der Waals surface area contributed by atoms with Crippen molar-refractivity contribution >= 4 is 34.2 Å². The van der Waals surface area contributed by atoms with Crippen molar-refractivity contribution in [3.05, 3.63) is 66.7 Å². The zero-order valence-electron chi connectivity index (χ0n) is 19.9. The molecule has 1 saturated carbocycles. The molecule has 1 aliphatic rings. The van der Waals surface area contributed by atoms with E-state index in [4.69, 9.17) is 14.2 Å². The Morgan fingerprint density at radius 1 is 0.865 bits per heavy atom. The van der Waals surface area contributed by atoms with Gasteiger partial charge in [0.25, 0.3) is 5.88 Å². The average Bonchev–Trinajstić information content (AvgIpc) is 3.73. The highest BCUT2D eigenvalue weighted by atomic mass is 19.1. The third kappa shape index (κ3) is 4.83. The van der Waals surface area contributed by atoms with Gasteiger partial charge in [-0.25, -0.2) is 14.4 Å². The second-order valence-corrected chi connectivity index (χ2v) is 8.37. The van der Waals surface area contributed by atoms with E-state index in [1.807, 2.05) is 0 Å². The number of ether oxygens (including phenoxy) is 3. The molecule has 0 radical (unpaired) electrons. The van der Waals surface area contributed by atoms with Crippen molar-refractivity contribution in [1.29, 1.82) is 0 Å². The molecular weight excluding hydrogens is 481 g/mol. The number of benzene rings is 2. The maximum absolute atomic E-state index is 13.1. The third-order valence-electron chi connectivity index (χ3n) is 5.97. The van der Waals surface area contributed by atoms with Gasteiger partial charge in [0.1, 0.15) is 28.8 Å². The van der Waals surface area contributed by atoms with E-state index >= 15 is 0 Å². The van der Waals surface area contributed by atoms with Crippen LogP contribution >= 0.6 is 0 Å². The Morgan fingerprint density at radius 2 is 1.49 bits per heavy atom. The molecule has 1 aliphatic carbocycles. The summed E-state index contributed by atoms with van der Waals surface area (Å²) in [6, 6.07) is 13.7. The Labute approximate surface area is 210 Å². The molecule has 2 heterocycles. The molecule has 2 N–H and O–H groups in total. The first-order valence-electron chi connectivity index (χ1n) is 11.3. The van der Waals surface area contributed by atoms with Crippen molar-refractivity contribution in [2.75, 3.05) is 24.9 Å². The van der Waals surface area contributed by atoms with Crippen molar-refractivity contribution in [1.82, 2.24) is 15.0 Å². The average molecular weight is 503 g/mol. The summed E-state index contributed by atoms with van der Waals surface area (Å²) in [4.78, 5) is 38.4. The number of rotatable bonds is 8. The maximum atomic E-state index is 13.1. The zero-order chi connectivity index (χ0) is 26.0. The molecular formula is C26H22FN5O5. The normalized spacial score (nSPS) is 13.5. The fraction of sp³-hybridized carbons (Fsp3) is 0.192. The number of halogens is 1. The first-order chi connectivity index (χ1) is 17.9. The standard InChI is InChI=1S/C26H22FN5O5/c1-35-20-13-19-21(32-22(20)36-2)23(29-14-28-19)37-18-9-7-17(8-10-18)31-25(34)26(11-12-26)24(33)30-16-5-3-15(27)4-6-16/h3-10,13-14H,11-12H2,1-2H3,(H,30,33)(H,31,34). The molecule has 1 fully saturated rings. The lowest BCUT2D eigenvalue weighted by Gasteiger charge is -2.16. The van der Waals surface area contributed by atoms with Crippen LogP contribution in [0.4, 0.5) is 15.8 Å². The monoisotopic (exact) mass is 503 g/mol. The van der Waals surface area contributed by atoms with Gasteiger partial charge in [-0.1, -0.05) is 0 Å². The number of amides is 2. The van der Waals surface area contributed by atoms with Gasteiger partial charge in [0, 0.05) is 17.4 Å². The number of methoxy groups -OCH3 is 2. The van der Waals surface area contributed by atoms with Crippen LogP contribution in [-0.2, 0) is 9.59 Å². The highest BCUT2D eigenvalue weighted by Crippen LogP contribution is 2.47. The highest BCUT2D eigenvalue weighted by molar-refractivity contribution is 6.16. The van der Waals surface area contributed by atoms with E-state index in [1.165, 1.54) is 44.8 Å². The molecule has 0 saturated heterocycles. The van der Waals surface area contributed by atoms with Crippen LogP contribution in [-0.4, -0.2) is 41.0 Å². The molecule has 0 bridgehead atoms. The van der Waals surface area contributed by atoms with Gasteiger partial charge in [-0.05, 0) is 61.4 Å². The molecule has 2 amide bonds. The predicted octanol–water partition coefficient (Wildman–Crippen LogP) is 4.33. The number of nitrogens with zero attached hydrogens (tertiary/aromatic N) is 3. The highest BCUT2D eigenvalue weighted by Gasteiger charge is 2.56. The van der Waals surface area contributed by atoms with Crippen LogP contribution in [0, 0.1) is 11.2 Å². The molecule has 0 unspecified atom stereocenters. The smallest absolute Gasteiger partial charge is 0.257 e. The number of pyridine rings is 1. The van der Waals surface area contributed by atoms with Crippen LogP contribution in [0.2, 0.25) is 0 Å². The largest absolute Gasteiger partial charge is 0.491 e. The lowest BCUT2D eigenvalue weighted by Crippen LogP contribution is -2.35. The number of fused-ring (bicyclic) bond motifs is 1. The Hall–Kier alpha value is -4.80. The number of hydrogen-bond donors (Lipinski definition) is 2. The maximum Gasteiger partial charge on any atom is 0.257 e. The molecule has 188 valence electrons. The van der Waals surface area contributed by atoms with E-state index in [-0.39, 0.29) is 11.8 Å². The first-order valence-corrected chi connectivity index (χ1v) is 11.3. The molecule has 0 spiro atoms. The Bertz CT molecular complexity index is 1470. The van der Waals surface area contributed by atoms with Crippen molar-refractivity contribution < 1.29 is 28.2 Å². The van der Waals surface area contributed by atoms with Gasteiger partial charge >= 0.3 is 0 Å². The summed E-state index contributed by atoms with van der Waals surface area (Å²) in [6.07, 6.45) is 2.20. The molecule has 4 aromatic rings. The number of hydrogen-bond acceptors (Lipinski definition) is 8. The number of nitrogens with one attached hydrogen (secondary N) is 2. The van der Waals surface area contributed by atoms with Crippen LogP contribution < -0.4 is 24.8 Å². The Morgan fingerprint density at radius 3 is 2.05 bits per heavy atom. The number of carbonyl (C=O) groups excluding carboxylic acids is 2. The van der Waals surface area contributed by atoms with E-state index in [0.29, 0.717) is 46.7 Å². The van der Waals surface area contributed by atoms with Gasteiger partial charge in [-0.15, -0.1) is 0 Å². The topological polar surface area (TPSA) is 125 Å². The van der Waals surface area contributed by atoms with Crippen LogP contribution in [0.1, 0.15) is 12.8 Å². The number of anilines is 2. The van der Waals surface area contributed by atoms with Crippen LogP contribution in [0.5, 0.6) is 23.3 Å². The van der Waals surface area contributed by atoms with Crippen LogP contribution in [0.25, 0.3) is 11.0 Å². The summed E-state index contributed by atoms with van der Waals surface area (Å²) in [7, 11) is 2.99. The molecule has 11 heteroatoms. The summed E-state index contributed by atoms with van der Waals surface area (Å²) in [5.41, 5.74) is 0.667. The number of carbonyl (C=O) groups is 2. The molecule has 5 rings (SSSR count). The molecule has 37 heavy (non-hydrogen) atoms. The summed E-state index contributed by atoms with van der Waals surface area (Å²) >= 11 is 0.